The van der Waals surface area contributed by atoms with Crippen LogP contribution in [0.25, 0.3) is 11.1 Å². The highest BCUT2D eigenvalue weighted by Gasteiger charge is 2.17. The lowest BCUT2D eigenvalue weighted by molar-refractivity contribution is 0.101. The van der Waals surface area contributed by atoms with Crippen LogP contribution in [-0.2, 0) is 0 Å². The number of amidine groups is 1. The number of nitrogens with two attached hydrogens (primary N) is 2. The molecule has 142 valence electrons. The van der Waals surface area contributed by atoms with E-state index in [0.29, 0.717) is 11.3 Å². The van der Waals surface area contributed by atoms with E-state index in [2.05, 4.69) is 10.4 Å². The zero-order valence-corrected chi connectivity index (χ0v) is 15.0. The van der Waals surface area contributed by atoms with Gasteiger partial charge in [-0.15, -0.1) is 0 Å². The van der Waals surface area contributed by atoms with E-state index in [1.54, 1.807) is 24.3 Å². The van der Waals surface area contributed by atoms with Gasteiger partial charge < -0.3 is 16.9 Å². The first-order valence-electron chi connectivity index (χ1n) is 8.41. The van der Waals surface area contributed by atoms with Crippen LogP contribution in [-0.4, -0.2) is 11.7 Å². The maximum Gasteiger partial charge on any atom is 0.261 e. The topological polar surface area (TPSA) is 93.5 Å². The first-order valence-corrected chi connectivity index (χ1v) is 8.41. The molecular weight excluding hydrogens is 362 g/mol. The lowest BCUT2D eigenvalue weighted by atomic mass is 9.97. The first-order chi connectivity index (χ1) is 13.4. The minimum absolute atomic E-state index is 0.219. The molecule has 0 unspecified atom stereocenters. The molecule has 5 nitrogen and oxygen atoms in total. The molecule has 3 aromatic rings. The van der Waals surface area contributed by atoms with Gasteiger partial charge in [-0.1, -0.05) is 30.3 Å². The van der Waals surface area contributed by atoms with E-state index >= 15 is 0 Å². The molecule has 28 heavy (non-hydrogen) atoms. The van der Waals surface area contributed by atoms with Gasteiger partial charge in [0.15, 0.2) is 0 Å². The summed E-state index contributed by atoms with van der Waals surface area (Å²) in [4.78, 5) is 12.2. The van der Waals surface area contributed by atoms with Crippen molar-refractivity contribution >= 4 is 17.4 Å². The molecule has 7 heteroatoms. The summed E-state index contributed by atoms with van der Waals surface area (Å²) in [5.41, 5.74) is 9.05. The maximum atomic E-state index is 13.7. The van der Waals surface area contributed by atoms with Crippen molar-refractivity contribution in [1.82, 2.24) is 0 Å². The fourth-order valence-electron chi connectivity index (χ4n) is 2.81. The lowest BCUT2D eigenvalue weighted by Crippen LogP contribution is -2.16. The smallest absolute Gasteiger partial charge is 0.261 e. The Morgan fingerprint density at radius 1 is 1.00 bits per heavy atom. The molecule has 1 amide bonds. The van der Waals surface area contributed by atoms with Crippen LogP contribution in [0.15, 0.2) is 65.8 Å². The molecule has 5 N–H and O–H groups in total. The number of halogens is 2. The van der Waals surface area contributed by atoms with Crippen LogP contribution >= 0.6 is 0 Å². The van der Waals surface area contributed by atoms with Crippen LogP contribution in [0, 0.1) is 18.6 Å². The van der Waals surface area contributed by atoms with E-state index in [9.17, 15) is 13.6 Å². The van der Waals surface area contributed by atoms with Crippen molar-refractivity contribution in [3.8, 4) is 11.1 Å². The van der Waals surface area contributed by atoms with Crippen molar-refractivity contribution in [1.29, 1.82) is 0 Å². The summed E-state index contributed by atoms with van der Waals surface area (Å²) in [6.07, 6.45) is 0. The summed E-state index contributed by atoms with van der Waals surface area (Å²) in [5, 5.41) is 6.00. The number of rotatable bonds is 4. The predicted octanol–water partition coefficient (Wildman–Crippen LogP) is 3.77. The van der Waals surface area contributed by atoms with Crippen LogP contribution in [0.3, 0.4) is 0 Å². The Kier molecular flexibility index (Phi) is 5.35. The Hall–Kier alpha value is -3.74. The van der Waals surface area contributed by atoms with E-state index in [4.69, 9.17) is 11.6 Å². The number of nitrogens with zero attached hydrogens (tertiary/aromatic N) is 1. The third-order valence-corrected chi connectivity index (χ3v) is 4.32. The molecule has 0 aliphatic carbocycles. The van der Waals surface area contributed by atoms with Gasteiger partial charge in [0.05, 0.1) is 0 Å². The molecule has 0 fully saturated rings. The summed E-state index contributed by atoms with van der Waals surface area (Å²) < 4.78 is 27.5. The van der Waals surface area contributed by atoms with Gasteiger partial charge in [0.25, 0.3) is 5.91 Å². The highest BCUT2D eigenvalue weighted by molar-refractivity contribution is 6.04. The van der Waals surface area contributed by atoms with Crippen molar-refractivity contribution in [3.63, 3.8) is 0 Å². The number of aryl methyl sites for hydroxylation is 1. The highest BCUT2D eigenvalue weighted by atomic mass is 19.1. The van der Waals surface area contributed by atoms with E-state index in [1.807, 2.05) is 25.1 Å². The van der Waals surface area contributed by atoms with E-state index < -0.39 is 23.1 Å². The molecule has 0 saturated heterocycles. The number of carbonyl (C=O) groups is 1. The largest absolute Gasteiger partial charge is 0.382 e. The summed E-state index contributed by atoms with van der Waals surface area (Å²) in [6.45, 7) is 1.95. The van der Waals surface area contributed by atoms with Gasteiger partial charge in [0, 0.05) is 11.3 Å². The normalized spacial score (nSPS) is 11.3. The summed E-state index contributed by atoms with van der Waals surface area (Å²) >= 11 is 0. The zero-order valence-electron chi connectivity index (χ0n) is 15.0. The number of amides is 1. The second-order valence-electron chi connectivity index (χ2n) is 6.17. The van der Waals surface area contributed by atoms with Crippen molar-refractivity contribution in [2.45, 2.75) is 6.92 Å². The minimum atomic E-state index is -0.916. The number of nitrogens with one attached hydrogen (secondary N) is 1. The van der Waals surface area contributed by atoms with Gasteiger partial charge in [-0.05, 0) is 53.9 Å². The van der Waals surface area contributed by atoms with Gasteiger partial charge in [0.1, 0.15) is 23.0 Å². The Morgan fingerprint density at radius 3 is 2.25 bits per heavy atom. The molecule has 0 spiro atoms. The number of hydrogen-bond acceptors (Lipinski definition) is 3. The Labute approximate surface area is 160 Å². The third-order valence-electron chi connectivity index (χ3n) is 4.32. The highest BCUT2D eigenvalue weighted by Crippen LogP contribution is 2.26. The third kappa shape index (κ3) is 3.83. The molecule has 0 heterocycles. The molecule has 0 aromatic heterocycles. The second-order valence-corrected chi connectivity index (χ2v) is 6.17. The Morgan fingerprint density at radius 2 is 1.64 bits per heavy atom. The quantitative estimate of drug-likeness (QED) is 0.278. The number of benzene rings is 3. The molecule has 0 aliphatic heterocycles. The maximum absolute atomic E-state index is 13.7. The Bertz CT molecular complexity index is 1040. The SMILES string of the molecule is Cc1ccc(/C(N)=N/N)cc1-c1ccc(NC(=O)c2c(F)cccc2F)cc1. The second kappa shape index (κ2) is 7.87. The zero-order chi connectivity index (χ0) is 20.3. The molecule has 0 atom stereocenters. The van der Waals surface area contributed by atoms with Crippen molar-refractivity contribution in [3.05, 3.63) is 89.0 Å². The van der Waals surface area contributed by atoms with Gasteiger partial charge in [-0.3, -0.25) is 4.79 Å². The van der Waals surface area contributed by atoms with Gasteiger partial charge in [-0.25, -0.2) is 8.78 Å². The van der Waals surface area contributed by atoms with Crippen LogP contribution in [0.2, 0.25) is 0 Å². The number of hydrogen-bond donors (Lipinski definition) is 3. The monoisotopic (exact) mass is 380 g/mol. The van der Waals surface area contributed by atoms with Crippen molar-refractivity contribution in [2.75, 3.05) is 5.32 Å². The van der Waals surface area contributed by atoms with Crippen LogP contribution in [0.1, 0.15) is 21.5 Å². The number of carbonyl (C=O) groups excluding carboxylic acids is 1. The van der Waals surface area contributed by atoms with E-state index in [-0.39, 0.29) is 5.84 Å². The molecule has 3 rings (SSSR count). The fraction of sp³-hybridized carbons (Fsp3) is 0.0476. The van der Waals surface area contributed by atoms with Gasteiger partial charge in [0.2, 0.25) is 0 Å². The van der Waals surface area contributed by atoms with Crippen LogP contribution in [0.4, 0.5) is 14.5 Å². The minimum Gasteiger partial charge on any atom is -0.382 e. The molecule has 3 aromatic carbocycles. The average Bonchev–Trinajstić information content (AvgIpc) is 2.68. The van der Waals surface area contributed by atoms with E-state index in [0.717, 1.165) is 28.8 Å². The van der Waals surface area contributed by atoms with Crippen LogP contribution < -0.4 is 16.9 Å². The Balaban J connectivity index is 1.86. The molecule has 0 aliphatic rings. The van der Waals surface area contributed by atoms with Gasteiger partial charge in [-0.2, -0.15) is 5.10 Å². The molecule has 0 saturated carbocycles. The van der Waals surface area contributed by atoms with Crippen molar-refractivity contribution < 1.29 is 13.6 Å². The molecule has 0 bridgehead atoms. The first kappa shape index (κ1) is 19.0. The lowest BCUT2D eigenvalue weighted by Gasteiger charge is -2.11. The molecular formula is C21H18F2N4O. The predicted molar refractivity (Wildman–Crippen MR) is 106 cm³/mol. The summed E-state index contributed by atoms with van der Waals surface area (Å²) in [7, 11) is 0. The van der Waals surface area contributed by atoms with Gasteiger partial charge >= 0.3 is 0 Å². The number of hydrazone groups is 1. The average molecular weight is 380 g/mol. The van der Waals surface area contributed by atoms with Crippen LogP contribution in [0.5, 0.6) is 0 Å². The molecule has 0 radical (unpaired) electrons. The number of anilines is 1. The standard InChI is InChI=1S/C21H18F2N4O/c1-12-5-6-14(20(24)27-25)11-16(12)13-7-9-15(10-8-13)26-21(28)19-17(22)3-2-4-18(19)23/h2-11H,25H2,1H3,(H2,24,27)(H,26,28). The van der Waals surface area contributed by atoms with Crippen molar-refractivity contribution in [2.24, 2.45) is 16.7 Å². The summed E-state index contributed by atoms with van der Waals surface area (Å²) in [6, 6.07) is 15.7. The summed E-state index contributed by atoms with van der Waals surface area (Å²) in [5.74, 6) is 2.77. The van der Waals surface area contributed by atoms with E-state index in [1.165, 1.54) is 6.07 Å². The fourth-order valence-corrected chi connectivity index (χ4v) is 2.81.